The molecule has 1 aliphatic heterocycles. The monoisotopic (exact) mass is 545 g/mol. The summed E-state index contributed by atoms with van der Waals surface area (Å²) in [6.45, 7) is 3.64. The highest BCUT2D eigenvalue weighted by molar-refractivity contribution is 7.99. The predicted octanol–water partition coefficient (Wildman–Crippen LogP) is 5.44. The number of carbonyl (C=O) groups excluding carboxylic acids is 1. The highest BCUT2D eigenvalue weighted by atomic mass is 35.5. The van der Waals surface area contributed by atoms with E-state index in [0.717, 1.165) is 24.6 Å². The number of amides is 1. The molecule has 0 unspecified atom stereocenters. The van der Waals surface area contributed by atoms with Crippen LogP contribution in [0.4, 0.5) is 5.69 Å². The fourth-order valence-corrected chi connectivity index (χ4v) is 4.73. The molecule has 1 saturated heterocycles. The third kappa shape index (κ3) is 6.33. The van der Waals surface area contributed by atoms with Gasteiger partial charge in [0.15, 0.2) is 11.0 Å². The number of thioether (sulfide) groups is 1. The van der Waals surface area contributed by atoms with Crippen LogP contribution in [0.3, 0.4) is 0 Å². The molecule has 0 aliphatic carbocycles. The van der Waals surface area contributed by atoms with E-state index in [4.69, 9.17) is 51.1 Å². The van der Waals surface area contributed by atoms with Gasteiger partial charge in [0.2, 0.25) is 5.91 Å². The van der Waals surface area contributed by atoms with E-state index < -0.39 is 0 Å². The summed E-state index contributed by atoms with van der Waals surface area (Å²) in [6.07, 6.45) is 0. The van der Waals surface area contributed by atoms with Crippen LogP contribution in [-0.2, 0) is 16.1 Å². The number of hydrogen-bond acceptors (Lipinski definition) is 6. The second-order valence-corrected chi connectivity index (χ2v) is 9.78. The molecule has 1 aliphatic rings. The van der Waals surface area contributed by atoms with Crippen LogP contribution in [0.5, 0.6) is 0 Å². The lowest BCUT2D eigenvalue weighted by Crippen LogP contribution is -2.36. The summed E-state index contributed by atoms with van der Waals surface area (Å²) >= 11 is 25.5. The number of carbonyl (C=O) groups is 1. The lowest BCUT2D eigenvalue weighted by atomic mass is 10.3. The van der Waals surface area contributed by atoms with Gasteiger partial charge in [-0.3, -0.25) is 14.3 Å². The zero-order chi connectivity index (χ0) is 23.4. The number of nitrogens with one attached hydrogen (secondary N) is 1. The quantitative estimate of drug-likeness (QED) is 0.314. The maximum Gasteiger partial charge on any atom is 0.234 e. The Morgan fingerprint density at radius 1 is 1.00 bits per heavy atom. The Hall–Kier alpha value is -1.52. The van der Waals surface area contributed by atoms with E-state index in [2.05, 4.69) is 20.4 Å². The van der Waals surface area contributed by atoms with Crippen molar-refractivity contribution in [3.63, 3.8) is 0 Å². The zero-order valence-corrected chi connectivity index (χ0v) is 21.1. The average molecular weight is 547 g/mol. The van der Waals surface area contributed by atoms with Gasteiger partial charge < -0.3 is 10.1 Å². The van der Waals surface area contributed by atoms with Crippen molar-refractivity contribution in [2.24, 2.45) is 0 Å². The molecule has 12 heteroatoms. The van der Waals surface area contributed by atoms with Crippen LogP contribution < -0.4 is 5.32 Å². The number of ether oxygens (including phenoxy) is 1. The molecule has 0 saturated carbocycles. The summed E-state index contributed by atoms with van der Waals surface area (Å²) in [6, 6.07) is 10.4. The topological polar surface area (TPSA) is 72.3 Å². The number of benzene rings is 2. The third-order valence-corrected chi connectivity index (χ3v) is 7.09. The van der Waals surface area contributed by atoms with Crippen LogP contribution >= 0.6 is 58.2 Å². The van der Waals surface area contributed by atoms with Crippen molar-refractivity contribution >= 4 is 69.8 Å². The number of aromatic nitrogens is 3. The van der Waals surface area contributed by atoms with Gasteiger partial charge in [0, 0.05) is 23.8 Å². The SMILES string of the molecule is O=C(CSc1nnc(CN2CCOCC2)n1-c1ccc(Cl)cc1)Nc1cc(Cl)c(Cl)cc1Cl. The molecule has 1 N–H and O–H groups in total. The largest absolute Gasteiger partial charge is 0.379 e. The Kier molecular flexibility index (Phi) is 8.40. The molecule has 7 nitrogen and oxygen atoms in total. The molecule has 2 heterocycles. The molecule has 1 aromatic heterocycles. The van der Waals surface area contributed by atoms with Crippen molar-refractivity contribution in [2.45, 2.75) is 11.7 Å². The second kappa shape index (κ2) is 11.3. The fourth-order valence-electron chi connectivity index (χ4n) is 3.24. The Morgan fingerprint density at radius 3 is 2.42 bits per heavy atom. The second-order valence-electron chi connectivity index (χ2n) is 7.18. The van der Waals surface area contributed by atoms with E-state index in [-0.39, 0.29) is 11.7 Å². The highest BCUT2D eigenvalue weighted by Crippen LogP contribution is 2.32. The summed E-state index contributed by atoms with van der Waals surface area (Å²) in [4.78, 5) is 14.8. The summed E-state index contributed by atoms with van der Waals surface area (Å²) in [7, 11) is 0. The van der Waals surface area contributed by atoms with Crippen molar-refractivity contribution in [3.8, 4) is 5.69 Å². The van der Waals surface area contributed by atoms with E-state index in [9.17, 15) is 4.79 Å². The molecule has 1 amide bonds. The molecule has 0 spiro atoms. The molecule has 3 aromatic rings. The minimum atomic E-state index is -0.263. The normalized spacial score (nSPS) is 14.4. The van der Waals surface area contributed by atoms with E-state index >= 15 is 0 Å². The lowest BCUT2D eigenvalue weighted by Gasteiger charge is -2.26. The smallest absolute Gasteiger partial charge is 0.234 e. The minimum absolute atomic E-state index is 0.0971. The fraction of sp³-hybridized carbons (Fsp3) is 0.286. The Balaban J connectivity index is 1.51. The molecular formula is C21H19Cl4N5O2S. The van der Waals surface area contributed by atoms with Crippen molar-refractivity contribution in [3.05, 3.63) is 62.3 Å². The van der Waals surface area contributed by atoms with Crippen molar-refractivity contribution in [2.75, 3.05) is 37.4 Å². The summed E-state index contributed by atoms with van der Waals surface area (Å²) in [5, 5.41) is 13.7. The average Bonchev–Trinajstić information content (AvgIpc) is 3.19. The Bertz CT molecular complexity index is 1140. The van der Waals surface area contributed by atoms with E-state index in [1.807, 2.05) is 28.8 Å². The van der Waals surface area contributed by atoms with Crippen LogP contribution in [0.2, 0.25) is 20.1 Å². The summed E-state index contributed by atoms with van der Waals surface area (Å²) < 4.78 is 7.37. The molecule has 4 rings (SSSR count). The highest BCUT2D eigenvalue weighted by Gasteiger charge is 2.20. The number of rotatable bonds is 7. The molecule has 1 fully saturated rings. The predicted molar refractivity (Wildman–Crippen MR) is 133 cm³/mol. The number of nitrogens with zero attached hydrogens (tertiary/aromatic N) is 4. The van der Waals surface area contributed by atoms with Gasteiger partial charge in [-0.15, -0.1) is 10.2 Å². The van der Waals surface area contributed by atoms with Crippen LogP contribution in [0.25, 0.3) is 5.69 Å². The number of halogens is 4. The van der Waals surface area contributed by atoms with Gasteiger partial charge >= 0.3 is 0 Å². The van der Waals surface area contributed by atoms with E-state index in [1.54, 1.807) is 0 Å². The zero-order valence-electron chi connectivity index (χ0n) is 17.2. The van der Waals surface area contributed by atoms with Gasteiger partial charge in [-0.25, -0.2) is 0 Å². The Morgan fingerprint density at radius 2 is 1.70 bits per heavy atom. The molecule has 0 atom stereocenters. The van der Waals surface area contributed by atoms with Crippen LogP contribution in [-0.4, -0.2) is 57.6 Å². The minimum Gasteiger partial charge on any atom is -0.379 e. The number of anilines is 1. The van der Waals surface area contributed by atoms with Gasteiger partial charge in [-0.05, 0) is 36.4 Å². The lowest BCUT2D eigenvalue weighted by molar-refractivity contribution is -0.113. The van der Waals surface area contributed by atoms with Crippen molar-refractivity contribution in [1.29, 1.82) is 0 Å². The van der Waals surface area contributed by atoms with Crippen molar-refractivity contribution in [1.82, 2.24) is 19.7 Å². The van der Waals surface area contributed by atoms with Crippen molar-refractivity contribution < 1.29 is 9.53 Å². The van der Waals surface area contributed by atoms with E-state index in [0.29, 0.717) is 50.7 Å². The van der Waals surface area contributed by atoms with Gasteiger partial charge in [-0.1, -0.05) is 58.2 Å². The molecule has 0 bridgehead atoms. The van der Waals surface area contributed by atoms with Crippen LogP contribution in [0.15, 0.2) is 41.6 Å². The molecule has 33 heavy (non-hydrogen) atoms. The maximum atomic E-state index is 12.6. The van der Waals surface area contributed by atoms with Gasteiger partial charge in [0.1, 0.15) is 0 Å². The van der Waals surface area contributed by atoms with Crippen LogP contribution in [0.1, 0.15) is 5.82 Å². The molecule has 0 radical (unpaired) electrons. The van der Waals surface area contributed by atoms with Gasteiger partial charge in [-0.2, -0.15) is 0 Å². The third-order valence-electron chi connectivity index (χ3n) is 4.87. The first-order valence-electron chi connectivity index (χ1n) is 9.98. The Labute approximate surface area is 215 Å². The molecule has 2 aromatic carbocycles. The first-order chi connectivity index (χ1) is 15.9. The standard InChI is InChI=1S/C21H19Cl4N5O2S/c22-13-1-3-14(4-2-13)30-19(11-29-5-7-32-8-6-29)27-28-21(30)33-12-20(31)26-18-10-16(24)15(23)9-17(18)25/h1-4,9-10H,5-8,11-12H2,(H,26,31). The number of morpholine rings is 1. The van der Waals surface area contributed by atoms with Gasteiger partial charge in [0.05, 0.1) is 46.3 Å². The summed E-state index contributed by atoms with van der Waals surface area (Å²) in [5.41, 5.74) is 1.26. The first-order valence-corrected chi connectivity index (χ1v) is 12.5. The van der Waals surface area contributed by atoms with E-state index in [1.165, 1.54) is 23.9 Å². The number of hydrogen-bond donors (Lipinski definition) is 1. The molecular weight excluding hydrogens is 528 g/mol. The maximum absolute atomic E-state index is 12.6. The van der Waals surface area contributed by atoms with Gasteiger partial charge in [0.25, 0.3) is 0 Å². The first kappa shape index (κ1) is 24.6. The molecule has 174 valence electrons. The summed E-state index contributed by atoms with van der Waals surface area (Å²) in [5.74, 6) is 0.607. The van der Waals surface area contributed by atoms with Crippen LogP contribution in [0, 0.1) is 0 Å².